The largest absolute Gasteiger partial charge is 0.376 e. The highest BCUT2D eigenvalue weighted by Gasteiger charge is 2.36. The highest BCUT2D eigenvalue weighted by molar-refractivity contribution is 5.84. The number of nitrogens with one attached hydrogen (secondary N) is 1. The van der Waals surface area contributed by atoms with Crippen molar-refractivity contribution >= 4 is 22.8 Å². The lowest BCUT2D eigenvalue weighted by atomic mass is 10.1. The second-order valence-electron chi connectivity index (χ2n) is 7.66. The summed E-state index contributed by atoms with van der Waals surface area (Å²) in [7, 11) is 3.97. The first-order valence-corrected chi connectivity index (χ1v) is 9.85. The van der Waals surface area contributed by atoms with E-state index in [1.165, 1.54) is 0 Å². The number of amides is 2. The minimum Gasteiger partial charge on any atom is -0.376 e. The van der Waals surface area contributed by atoms with E-state index in [1.54, 1.807) is 0 Å². The van der Waals surface area contributed by atoms with Gasteiger partial charge in [0.25, 0.3) is 0 Å². The fraction of sp³-hybridized carbons (Fsp3) is 0.524. The van der Waals surface area contributed by atoms with Crippen molar-refractivity contribution in [3.05, 3.63) is 35.9 Å². The lowest BCUT2D eigenvalue weighted by molar-refractivity contribution is 0.0401. The molecule has 1 aliphatic heterocycles. The van der Waals surface area contributed by atoms with E-state index in [9.17, 15) is 4.79 Å². The van der Waals surface area contributed by atoms with Gasteiger partial charge < -0.3 is 19.9 Å². The van der Waals surface area contributed by atoms with Gasteiger partial charge in [0.1, 0.15) is 5.82 Å². The Hall–Kier alpha value is -2.34. The molecule has 2 aromatic rings. The van der Waals surface area contributed by atoms with Crippen LogP contribution in [0.15, 0.2) is 30.3 Å². The van der Waals surface area contributed by atoms with Gasteiger partial charge >= 0.3 is 6.03 Å². The molecule has 1 saturated carbocycles. The number of carbonyl (C=O) groups excluding carboxylic acids is 1. The Morgan fingerprint density at radius 1 is 1.30 bits per heavy atom. The van der Waals surface area contributed by atoms with Gasteiger partial charge in [0.2, 0.25) is 0 Å². The molecule has 0 radical (unpaired) electrons. The van der Waals surface area contributed by atoms with Crippen LogP contribution in [0.4, 0.5) is 10.6 Å². The predicted octanol–water partition coefficient (Wildman–Crippen LogP) is 3.15. The summed E-state index contributed by atoms with van der Waals surface area (Å²) >= 11 is 0. The van der Waals surface area contributed by atoms with Crippen LogP contribution in [0.25, 0.3) is 10.9 Å². The molecule has 0 spiro atoms. The standard InChI is InChI=1S/C21H28N4O2/c1-24(2)20-13-15(16-7-3-4-8-17(16)23-20)14-22-21(26)25-11-6-12-27-19-10-5-9-18(19)25/h3-4,7-8,13,18-19H,5-6,9-12,14H2,1-2H3,(H,22,26). The molecule has 27 heavy (non-hydrogen) atoms. The average molecular weight is 368 g/mol. The summed E-state index contributed by atoms with van der Waals surface area (Å²) in [5.41, 5.74) is 2.04. The molecule has 6 nitrogen and oxygen atoms in total. The summed E-state index contributed by atoms with van der Waals surface area (Å²) in [4.78, 5) is 21.6. The molecule has 1 aliphatic carbocycles. The Balaban J connectivity index is 1.53. The number of hydrogen-bond acceptors (Lipinski definition) is 4. The van der Waals surface area contributed by atoms with Gasteiger partial charge in [-0.3, -0.25) is 0 Å². The number of hydrogen-bond donors (Lipinski definition) is 1. The summed E-state index contributed by atoms with van der Waals surface area (Å²) < 4.78 is 5.93. The van der Waals surface area contributed by atoms with Crippen molar-refractivity contribution in [2.75, 3.05) is 32.1 Å². The fourth-order valence-electron chi connectivity index (χ4n) is 4.22. The van der Waals surface area contributed by atoms with Crippen LogP contribution in [-0.4, -0.2) is 55.3 Å². The van der Waals surface area contributed by atoms with Gasteiger partial charge in [0.15, 0.2) is 0 Å². The van der Waals surface area contributed by atoms with E-state index in [4.69, 9.17) is 9.72 Å². The van der Waals surface area contributed by atoms with Crippen molar-refractivity contribution in [1.29, 1.82) is 0 Å². The average Bonchev–Trinajstić information content (AvgIpc) is 3.04. The van der Waals surface area contributed by atoms with Crippen molar-refractivity contribution < 1.29 is 9.53 Å². The maximum atomic E-state index is 13.0. The third-order valence-corrected chi connectivity index (χ3v) is 5.63. The number of aromatic nitrogens is 1. The van der Waals surface area contributed by atoms with Gasteiger partial charge in [-0.25, -0.2) is 9.78 Å². The first-order valence-electron chi connectivity index (χ1n) is 9.85. The van der Waals surface area contributed by atoms with E-state index in [-0.39, 0.29) is 18.2 Å². The van der Waals surface area contributed by atoms with Crippen LogP contribution in [-0.2, 0) is 11.3 Å². The van der Waals surface area contributed by atoms with Crippen LogP contribution in [0.5, 0.6) is 0 Å². The molecule has 144 valence electrons. The molecule has 4 rings (SSSR count). The minimum absolute atomic E-state index is 0.0182. The van der Waals surface area contributed by atoms with E-state index < -0.39 is 0 Å². The molecule has 1 N–H and O–H groups in total. The Bertz CT molecular complexity index is 823. The Labute approximate surface area is 160 Å². The monoisotopic (exact) mass is 368 g/mol. The fourth-order valence-corrected chi connectivity index (χ4v) is 4.22. The molecule has 2 amide bonds. The van der Waals surface area contributed by atoms with Crippen LogP contribution >= 0.6 is 0 Å². The molecular weight excluding hydrogens is 340 g/mol. The molecular formula is C21H28N4O2. The van der Waals surface area contributed by atoms with E-state index in [0.29, 0.717) is 6.54 Å². The molecule has 1 aromatic heterocycles. The Morgan fingerprint density at radius 3 is 3.00 bits per heavy atom. The van der Waals surface area contributed by atoms with Crippen LogP contribution in [0.3, 0.4) is 0 Å². The lowest BCUT2D eigenvalue weighted by Crippen LogP contribution is -2.48. The smallest absolute Gasteiger partial charge is 0.318 e. The molecule has 2 atom stereocenters. The number of rotatable bonds is 3. The number of benzene rings is 1. The summed E-state index contributed by atoms with van der Waals surface area (Å²) in [5.74, 6) is 0.900. The van der Waals surface area contributed by atoms with Gasteiger partial charge in [0, 0.05) is 39.2 Å². The van der Waals surface area contributed by atoms with Gasteiger partial charge in [-0.05, 0) is 43.4 Å². The Kier molecular flexibility index (Phi) is 5.16. The Morgan fingerprint density at radius 2 is 2.15 bits per heavy atom. The van der Waals surface area contributed by atoms with E-state index in [0.717, 1.165) is 61.1 Å². The first kappa shape index (κ1) is 18.0. The number of urea groups is 1. The normalized spacial score (nSPS) is 22.4. The number of para-hydroxylation sites is 1. The molecule has 2 fully saturated rings. The summed E-state index contributed by atoms with van der Waals surface area (Å²) in [6, 6.07) is 10.4. The number of pyridine rings is 1. The zero-order valence-corrected chi connectivity index (χ0v) is 16.1. The topological polar surface area (TPSA) is 57.7 Å². The zero-order chi connectivity index (χ0) is 18.8. The maximum absolute atomic E-state index is 13.0. The minimum atomic E-state index is 0.0182. The van der Waals surface area contributed by atoms with Crippen molar-refractivity contribution in [3.63, 3.8) is 0 Å². The van der Waals surface area contributed by atoms with Crippen molar-refractivity contribution in [1.82, 2.24) is 15.2 Å². The van der Waals surface area contributed by atoms with Gasteiger partial charge in [-0.15, -0.1) is 0 Å². The summed E-state index contributed by atoms with van der Waals surface area (Å²) in [6.45, 7) is 2.02. The second-order valence-corrected chi connectivity index (χ2v) is 7.66. The third kappa shape index (κ3) is 3.72. The van der Waals surface area contributed by atoms with Gasteiger partial charge in [0.05, 0.1) is 17.7 Å². The molecule has 1 saturated heterocycles. The zero-order valence-electron chi connectivity index (χ0n) is 16.1. The van der Waals surface area contributed by atoms with Gasteiger partial charge in [-0.2, -0.15) is 0 Å². The number of ether oxygens (including phenoxy) is 1. The number of carbonyl (C=O) groups is 1. The molecule has 2 aliphatic rings. The molecule has 0 bridgehead atoms. The molecule has 2 unspecified atom stereocenters. The first-order chi connectivity index (χ1) is 13.1. The van der Waals surface area contributed by atoms with Crippen molar-refractivity contribution in [3.8, 4) is 0 Å². The van der Waals surface area contributed by atoms with Crippen LogP contribution in [0, 0.1) is 0 Å². The van der Waals surface area contributed by atoms with Crippen LogP contribution in [0.1, 0.15) is 31.2 Å². The molecule has 1 aromatic carbocycles. The SMILES string of the molecule is CN(C)c1cc(CNC(=O)N2CCCOC3CCCC32)c2ccccc2n1. The number of anilines is 1. The van der Waals surface area contributed by atoms with E-state index in [2.05, 4.69) is 17.4 Å². The lowest BCUT2D eigenvalue weighted by Gasteiger charge is -2.30. The molecule has 2 heterocycles. The van der Waals surface area contributed by atoms with Gasteiger partial charge in [-0.1, -0.05) is 18.2 Å². The quantitative estimate of drug-likeness (QED) is 0.904. The highest BCUT2D eigenvalue weighted by atomic mass is 16.5. The molecule has 6 heteroatoms. The summed E-state index contributed by atoms with van der Waals surface area (Å²) in [6.07, 6.45) is 4.36. The van der Waals surface area contributed by atoms with Crippen LogP contribution in [0.2, 0.25) is 0 Å². The predicted molar refractivity (Wildman–Crippen MR) is 107 cm³/mol. The summed E-state index contributed by atoms with van der Waals surface area (Å²) in [5, 5.41) is 4.24. The number of nitrogens with zero attached hydrogens (tertiary/aromatic N) is 3. The second kappa shape index (κ2) is 7.72. The highest BCUT2D eigenvalue weighted by Crippen LogP contribution is 2.29. The van der Waals surface area contributed by atoms with Crippen LogP contribution < -0.4 is 10.2 Å². The number of fused-ring (bicyclic) bond motifs is 2. The third-order valence-electron chi connectivity index (χ3n) is 5.63. The van der Waals surface area contributed by atoms with E-state index >= 15 is 0 Å². The maximum Gasteiger partial charge on any atom is 0.318 e. The van der Waals surface area contributed by atoms with Crippen molar-refractivity contribution in [2.45, 2.75) is 44.4 Å². The van der Waals surface area contributed by atoms with Crippen molar-refractivity contribution in [2.24, 2.45) is 0 Å². The van der Waals surface area contributed by atoms with E-state index in [1.807, 2.05) is 42.1 Å².